The van der Waals surface area contributed by atoms with Crippen molar-refractivity contribution in [2.75, 3.05) is 13.1 Å². The maximum atomic E-state index is 12.7. The van der Waals surface area contributed by atoms with E-state index in [0.717, 1.165) is 36.1 Å². The molecule has 1 aromatic carbocycles. The van der Waals surface area contributed by atoms with Crippen molar-refractivity contribution in [3.8, 4) is 0 Å². The zero-order valence-electron chi connectivity index (χ0n) is 14.3. The van der Waals surface area contributed by atoms with Crippen molar-refractivity contribution in [1.82, 2.24) is 20.0 Å². The first kappa shape index (κ1) is 17.0. The number of amides is 1. The lowest BCUT2D eigenvalue weighted by molar-refractivity contribution is -0.133. The Morgan fingerprint density at radius 3 is 2.67 bits per heavy atom. The van der Waals surface area contributed by atoms with Crippen LogP contribution >= 0.6 is 11.3 Å². The molecule has 0 unspecified atom stereocenters. The molecule has 1 aromatic heterocycles. The lowest BCUT2D eigenvalue weighted by atomic mass is 10.1. The van der Waals surface area contributed by atoms with Gasteiger partial charge in [-0.1, -0.05) is 37.3 Å². The van der Waals surface area contributed by atoms with Crippen LogP contribution in [-0.2, 0) is 17.9 Å². The quantitative estimate of drug-likeness (QED) is 0.837. The van der Waals surface area contributed by atoms with Gasteiger partial charge in [-0.3, -0.25) is 9.69 Å². The molecule has 1 aliphatic rings. The van der Waals surface area contributed by atoms with E-state index in [1.165, 1.54) is 5.56 Å². The average Bonchev–Trinajstić information content (AvgIpc) is 2.94. The van der Waals surface area contributed by atoms with Crippen molar-refractivity contribution in [3.63, 3.8) is 0 Å². The fraction of sp³-hybridized carbons (Fsp3) is 0.500. The highest BCUT2D eigenvalue weighted by molar-refractivity contribution is 7.11. The molecule has 3 rings (SSSR count). The van der Waals surface area contributed by atoms with Crippen LogP contribution in [0.2, 0.25) is 0 Å². The van der Waals surface area contributed by atoms with E-state index >= 15 is 0 Å². The number of rotatable bonds is 5. The number of aryl methyl sites for hydroxylation is 1. The number of hydrogen-bond acceptors (Lipinski definition) is 5. The SMILES string of the molecule is CC[C@H]1CN(Cc2nnc(C)s2)CCC(=O)N1Cc1ccccc1. The average molecular weight is 344 g/mol. The Kier molecular flexibility index (Phi) is 5.58. The third kappa shape index (κ3) is 4.19. The minimum Gasteiger partial charge on any atom is -0.334 e. The number of carbonyl (C=O) groups excluding carboxylic acids is 1. The number of benzene rings is 1. The first-order valence-corrected chi connectivity index (χ1v) is 9.32. The van der Waals surface area contributed by atoms with Gasteiger partial charge in [0.2, 0.25) is 5.91 Å². The second-order valence-corrected chi connectivity index (χ2v) is 7.54. The first-order valence-electron chi connectivity index (χ1n) is 8.50. The molecule has 1 fully saturated rings. The van der Waals surface area contributed by atoms with Crippen molar-refractivity contribution in [2.45, 2.75) is 45.8 Å². The van der Waals surface area contributed by atoms with Crippen molar-refractivity contribution in [3.05, 3.63) is 45.9 Å². The Bertz CT molecular complexity index is 673. The van der Waals surface area contributed by atoms with Crippen molar-refractivity contribution < 1.29 is 4.79 Å². The molecular formula is C18H24N4OS. The van der Waals surface area contributed by atoms with Crippen LogP contribution in [0.4, 0.5) is 0 Å². The number of nitrogens with zero attached hydrogens (tertiary/aromatic N) is 4. The van der Waals surface area contributed by atoms with E-state index in [-0.39, 0.29) is 11.9 Å². The standard InChI is InChI=1S/C18H24N4OS/c1-3-16-12-21(13-17-20-19-14(2)24-17)10-9-18(23)22(16)11-15-7-5-4-6-8-15/h4-8,16H,3,9-13H2,1-2H3/t16-/m0/s1. The molecule has 0 aliphatic carbocycles. The van der Waals surface area contributed by atoms with Crippen LogP contribution < -0.4 is 0 Å². The van der Waals surface area contributed by atoms with E-state index in [4.69, 9.17) is 0 Å². The highest BCUT2D eigenvalue weighted by Gasteiger charge is 2.29. The summed E-state index contributed by atoms with van der Waals surface area (Å²) in [5, 5.41) is 10.3. The minimum absolute atomic E-state index is 0.245. The molecule has 6 heteroatoms. The Balaban J connectivity index is 1.71. The van der Waals surface area contributed by atoms with Gasteiger partial charge in [-0.25, -0.2) is 0 Å². The molecular weight excluding hydrogens is 320 g/mol. The molecule has 1 saturated heterocycles. The van der Waals surface area contributed by atoms with E-state index in [0.29, 0.717) is 13.0 Å². The van der Waals surface area contributed by atoms with Crippen LogP contribution in [0, 0.1) is 6.92 Å². The topological polar surface area (TPSA) is 49.3 Å². The van der Waals surface area contributed by atoms with Gasteiger partial charge < -0.3 is 4.90 Å². The highest BCUT2D eigenvalue weighted by atomic mass is 32.1. The molecule has 0 N–H and O–H groups in total. The van der Waals surface area contributed by atoms with Crippen LogP contribution in [0.5, 0.6) is 0 Å². The van der Waals surface area contributed by atoms with Gasteiger partial charge >= 0.3 is 0 Å². The number of aromatic nitrogens is 2. The van der Waals surface area contributed by atoms with Crippen molar-refractivity contribution in [2.24, 2.45) is 0 Å². The van der Waals surface area contributed by atoms with Crippen molar-refractivity contribution in [1.29, 1.82) is 0 Å². The van der Waals surface area contributed by atoms with Gasteiger partial charge in [-0.05, 0) is 18.9 Å². The van der Waals surface area contributed by atoms with E-state index in [1.54, 1.807) is 11.3 Å². The third-order valence-corrected chi connectivity index (χ3v) is 5.29. The second kappa shape index (κ2) is 7.85. The maximum Gasteiger partial charge on any atom is 0.224 e. The molecule has 1 amide bonds. The zero-order valence-corrected chi connectivity index (χ0v) is 15.1. The van der Waals surface area contributed by atoms with Gasteiger partial charge in [0.05, 0.1) is 6.54 Å². The van der Waals surface area contributed by atoms with Gasteiger partial charge in [0.15, 0.2) is 0 Å². The summed E-state index contributed by atoms with van der Waals surface area (Å²) >= 11 is 1.64. The largest absolute Gasteiger partial charge is 0.334 e. The first-order chi connectivity index (χ1) is 11.7. The molecule has 2 aromatic rings. The summed E-state index contributed by atoms with van der Waals surface area (Å²) in [4.78, 5) is 17.1. The maximum absolute atomic E-state index is 12.7. The van der Waals surface area contributed by atoms with Gasteiger partial charge in [-0.15, -0.1) is 21.5 Å². The second-order valence-electron chi connectivity index (χ2n) is 6.27. The van der Waals surface area contributed by atoms with Crippen LogP contribution in [0.1, 0.15) is 35.3 Å². The van der Waals surface area contributed by atoms with Crippen LogP contribution in [0.15, 0.2) is 30.3 Å². The Morgan fingerprint density at radius 1 is 1.21 bits per heavy atom. The molecule has 0 saturated carbocycles. The summed E-state index contributed by atoms with van der Waals surface area (Å²) in [6, 6.07) is 10.5. The van der Waals surface area contributed by atoms with Gasteiger partial charge in [0, 0.05) is 32.1 Å². The Morgan fingerprint density at radius 2 is 2.00 bits per heavy atom. The summed E-state index contributed by atoms with van der Waals surface area (Å²) in [5.74, 6) is 0.252. The molecule has 1 aliphatic heterocycles. The van der Waals surface area contributed by atoms with Crippen LogP contribution in [0.3, 0.4) is 0 Å². The zero-order chi connectivity index (χ0) is 16.9. The predicted octanol–water partition coefficient (Wildman–Crippen LogP) is 2.86. The summed E-state index contributed by atoms with van der Waals surface area (Å²) in [6.45, 7) is 7.31. The summed E-state index contributed by atoms with van der Waals surface area (Å²) in [6.07, 6.45) is 1.53. The predicted molar refractivity (Wildman–Crippen MR) is 95.6 cm³/mol. The van der Waals surface area contributed by atoms with E-state index in [1.807, 2.05) is 25.1 Å². The van der Waals surface area contributed by atoms with Crippen LogP contribution in [0.25, 0.3) is 0 Å². The third-order valence-electron chi connectivity index (χ3n) is 4.47. The molecule has 5 nitrogen and oxygen atoms in total. The Hall–Kier alpha value is -1.79. The molecule has 24 heavy (non-hydrogen) atoms. The minimum atomic E-state index is 0.245. The molecule has 0 spiro atoms. The summed E-state index contributed by atoms with van der Waals surface area (Å²) in [7, 11) is 0. The molecule has 2 heterocycles. The lowest BCUT2D eigenvalue weighted by Gasteiger charge is -2.31. The molecule has 0 radical (unpaired) electrons. The van der Waals surface area contributed by atoms with E-state index in [9.17, 15) is 4.79 Å². The van der Waals surface area contributed by atoms with Crippen molar-refractivity contribution >= 4 is 17.2 Å². The Labute approximate surface area is 147 Å². The highest BCUT2D eigenvalue weighted by Crippen LogP contribution is 2.20. The number of carbonyl (C=O) groups is 1. The summed E-state index contributed by atoms with van der Waals surface area (Å²) < 4.78 is 0. The normalized spacial score (nSPS) is 19.5. The summed E-state index contributed by atoms with van der Waals surface area (Å²) in [5.41, 5.74) is 1.19. The lowest BCUT2D eigenvalue weighted by Crippen LogP contribution is -2.42. The molecule has 128 valence electrons. The number of hydrogen-bond donors (Lipinski definition) is 0. The molecule has 1 atom stereocenters. The monoisotopic (exact) mass is 344 g/mol. The van der Waals surface area contributed by atoms with Crippen LogP contribution in [-0.4, -0.2) is 45.0 Å². The van der Waals surface area contributed by atoms with E-state index < -0.39 is 0 Å². The fourth-order valence-electron chi connectivity index (χ4n) is 3.17. The smallest absolute Gasteiger partial charge is 0.224 e. The van der Waals surface area contributed by atoms with Gasteiger partial charge in [0.25, 0.3) is 0 Å². The van der Waals surface area contributed by atoms with Gasteiger partial charge in [0.1, 0.15) is 10.0 Å². The molecule has 0 bridgehead atoms. The fourth-order valence-corrected chi connectivity index (χ4v) is 3.92. The van der Waals surface area contributed by atoms with Gasteiger partial charge in [-0.2, -0.15) is 0 Å². The van der Waals surface area contributed by atoms with E-state index in [2.05, 4.69) is 39.1 Å².